The number of hydrogen-bond donors (Lipinski definition) is 0. The molecule has 0 aromatic heterocycles. The van der Waals surface area contributed by atoms with Gasteiger partial charge in [0.25, 0.3) is 10.2 Å². The zero-order chi connectivity index (χ0) is 11.6. The molecule has 2 aliphatic rings. The van der Waals surface area contributed by atoms with Crippen LogP contribution >= 0.6 is 0 Å². The predicted octanol–water partition coefficient (Wildman–Crippen LogP) is 0.438. The van der Waals surface area contributed by atoms with Crippen LogP contribution in [0.15, 0.2) is 0 Å². The van der Waals surface area contributed by atoms with Gasteiger partial charge in [0.05, 0.1) is 12.7 Å². The topological polar surface area (TPSA) is 49.9 Å². The van der Waals surface area contributed by atoms with E-state index in [0.717, 1.165) is 19.3 Å². The molecular formula is C10H20N2O3S. The van der Waals surface area contributed by atoms with Gasteiger partial charge in [0.15, 0.2) is 0 Å². The summed E-state index contributed by atoms with van der Waals surface area (Å²) in [5, 5.41) is 0. The minimum atomic E-state index is -3.23. The Morgan fingerprint density at radius 1 is 1.06 bits per heavy atom. The first-order chi connectivity index (χ1) is 7.60. The summed E-state index contributed by atoms with van der Waals surface area (Å²) in [6, 6.07) is 0. The summed E-state index contributed by atoms with van der Waals surface area (Å²) in [7, 11) is -3.23. The van der Waals surface area contributed by atoms with Crippen molar-refractivity contribution in [1.29, 1.82) is 0 Å². The van der Waals surface area contributed by atoms with Crippen molar-refractivity contribution in [2.24, 2.45) is 0 Å². The molecule has 2 aliphatic heterocycles. The highest BCUT2D eigenvalue weighted by Gasteiger charge is 2.33. The molecule has 1 unspecified atom stereocenters. The molecule has 0 aliphatic carbocycles. The largest absolute Gasteiger partial charge is 0.376 e. The maximum atomic E-state index is 12.3. The van der Waals surface area contributed by atoms with Gasteiger partial charge in [-0.05, 0) is 19.8 Å². The van der Waals surface area contributed by atoms with Gasteiger partial charge in [-0.2, -0.15) is 17.0 Å². The molecule has 2 rings (SSSR count). The number of hydrogen-bond acceptors (Lipinski definition) is 3. The van der Waals surface area contributed by atoms with Crippen LogP contribution in [0.1, 0.15) is 26.2 Å². The van der Waals surface area contributed by atoms with Crippen molar-refractivity contribution in [1.82, 2.24) is 8.61 Å². The second-order valence-corrected chi connectivity index (χ2v) is 6.44. The highest BCUT2D eigenvalue weighted by molar-refractivity contribution is 7.86. The molecule has 0 saturated carbocycles. The van der Waals surface area contributed by atoms with Crippen molar-refractivity contribution in [3.05, 3.63) is 0 Å². The van der Waals surface area contributed by atoms with Crippen LogP contribution in [0.2, 0.25) is 0 Å². The van der Waals surface area contributed by atoms with E-state index in [1.54, 1.807) is 8.61 Å². The lowest BCUT2D eigenvalue weighted by molar-refractivity contribution is 0.00807. The molecule has 0 spiro atoms. The highest BCUT2D eigenvalue weighted by atomic mass is 32.2. The van der Waals surface area contributed by atoms with Crippen molar-refractivity contribution in [3.8, 4) is 0 Å². The van der Waals surface area contributed by atoms with E-state index in [-0.39, 0.29) is 6.10 Å². The van der Waals surface area contributed by atoms with Gasteiger partial charge in [0.1, 0.15) is 0 Å². The minimum absolute atomic E-state index is 0.00770. The first-order valence-corrected chi connectivity index (χ1v) is 7.37. The maximum Gasteiger partial charge on any atom is 0.282 e. The Morgan fingerprint density at radius 2 is 1.75 bits per heavy atom. The van der Waals surface area contributed by atoms with Crippen LogP contribution in [0.3, 0.4) is 0 Å². The van der Waals surface area contributed by atoms with Gasteiger partial charge in [0, 0.05) is 26.2 Å². The standard InChI is InChI=1S/C10H20N2O3S/c1-10-9-12(7-8-15-10)16(13,14)11-5-3-2-4-6-11/h10H,2-9H2,1H3. The Morgan fingerprint density at radius 3 is 2.38 bits per heavy atom. The zero-order valence-electron chi connectivity index (χ0n) is 9.76. The molecule has 0 amide bonds. The first kappa shape index (κ1) is 12.3. The fraction of sp³-hybridized carbons (Fsp3) is 1.00. The van der Waals surface area contributed by atoms with Crippen LogP contribution in [0.5, 0.6) is 0 Å². The molecule has 1 atom stereocenters. The SMILES string of the molecule is CC1CN(S(=O)(=O)N2CCCCC2)CCO1. The lowest BCUT2D eigenvalue weighted by atomic mass is 10.2. The van der Waals surface area contributed by atoms with Crippen molar-refractivity contribution in [3.63, 3.8) is 0 Å². The summed E-state index contributed by atoms with van der Waals surface area (Å²) in [5.41, 5.74) is 0. The molecular weight excluding hydrogens is 228 g/mol. The number of nitrogens with zero attached hydrogens (tertiary/aromatic N) is 2. The van der Waals surface area contributed by atoms with Crippen LogP contribution in [0.25, 0.3) is 0 Å². The normalized spacial score (nSPS) is 30.4. The van der Waals surface area contributed by atoms with Crippen molar-refractivity contribution in [2.75, 3.05) is 32.8 Å². The number of ether oxygens (including phenoxy) is 1. The van der Waals surface area contributed by atoms with Gasteiger partial charge in [-0.3, -0.25) is 0 Å². The smallest absolute Gasteiger partial charge is 0.282 e. The zero-order valence-corrected chi connectivity index (χ0v) is 10.6. The van der Waals surface area contributed by atoms with E-state index in [9.17, 15) is 8.42 Å². The first-order valence-electron chi connectivity index (χ1n) is 5.97. The molecule has 94 valence electrons. The Bertz CT molecular complexity index is 325. The van der Waals surface area contributed by atoms with E-state index in [2.05, 4.69) is 0 Å². The quantitative estimate of drug-likeness (QED) is 0.712. The summed E-state index contributed by atoms with van der Waals surface area (Å²) in [6.45, 7) is 4.75. The van der Waals surface area contributed by atoms with Crippen LogP contribution in [0, 0.1) is 0 Å². The average molecular weight is 248 g/mol. The lowest BCUT2D eigenvalue weighted by Crippen LogP contribution is -2.51. The van der Waals surface area contributed by atoms with Gasteiger partial charge >= 0.3 is 0 Å². The molecule has 2 saturated heterocycles. The summed E-state index contributed by atoms with van der Waals surface area (Å²) < 4.78 is 33.1. The van der Waals surface area contributed by atoms with E-state index in [4.69, 9.17) is 4.74 Å². The second-order valence-electron chi connectivity index (χ2n) is 4.51. The van der Waals surface area contributed by atoms with E-state index in [0.29, 0.717) is 32.8 Å². The van der Waals surface area contributed by atoms with E-state index in [1.165, 1.54) is 0 Å². The number of piperidine rings is 1. The van der Waals surface area contributed by atoms with Gasteiger partial charge in [-0.15, -0.1) is 0 Å². The maximum absolute atomic E-state index is 12.3. The summed E-state index contributed by atoms with van der Waals surface area (Å²) in [4.78, 5) is 0. The molecule has 0 aromatic rings. The molecule has 2 heterocycles. The monoisotopic (exact) mass is 248 g/mol. The van der Waals surface area contributed by atoms with Gasteiger partial charge in [-0.1, -0.05) is 6.42 Å². The van der Waals surface area contributed by atoms with E-state index in [1.807, 2.05) is 6.92 Å². The lowest BCUT2D eigenvalue weighted by Gasteiger charge is -2.35. The third-order valence-electron chi connectivity index (χ3n) is 3.17. The van der Waals surface area contributed by atoms with Gasteiger partial charge < -0.3 is 4.74 Å². The van der Waals surface area contributed by atoms with Crippen LogP contribution in [0.4, 0.5) is 0 Å². The third kappa shape index (κ3) is 2.56. The summed E-state index contributed by atoms with van der Waals surface area (Å²) >= 11 is 0. The Kier molecular flexibility index (Phi) is 3.84. The molecule has 5 nitrogen and oxygen atoms in total. The number of morpholine rings is 1. The summed E-state index contributed by atoms with van der Waals surface area (Å²) in [6.07, 6.45) is 3.12. The minimum Gasteiger partial charge on any atom is -0.376 e. The molecule has 0 bridgehead atoms. The second kappa shape index (κ2) is 5.00. The highest BCUT2D eigenvalue weighted by Crippen LogP contribution is 2.18. The van der Waals surface area contributed by atoms with Gasteiger partial charge in [-0.25, -0.2) is 0 Å². The molecule has 0 N–H and O–H groups in total. The van der Waals surface area contributed by atoms with Crippen molar-refractivity contribution < 1.29 is 13.2 Å². The molecule has 0 radical (unpaired) electrons. The van der Waals surface area contributed by atoms with E-state index < -0.39 is 10.2 Å². The predicted molar refractivity (Wildman–Crippen MR) is 61.3 cm³/mol. The molecule has 6 heteroatoms. The van der Waals surface area contributed by atoms with Gasteiger partial charge in [0.2, 0.25) is 0 Å². The Labute approximate surface area is 97.5 Å². The molecule has 0 aromatic carbocycles. The Balaban J connectivity index is 2.05. The average Bonchev–Trinajstić information content (AvgIpc) is 2.30. The fourth-order valence-electron chi connectivity index (χ4n) is 2.25. The Hall–Kier alpha value is -0.170. The van der Waals surface area contributed by atoms with Crippen LogP contribution in [-0.4, -0.2) is 55.9 Å². The van der Waals surface area contributed by atoms with Crippen LogP contribution in [-0.2, 0) is 14.9 Å². The van der Waals surface area contributed by atoms with Crippen molar-refractivity contribution in [2.45, 2.75) is 32.3 Å². The molecule has 2 fully saturated rings. The van der Waals surface area contributed by atoms with Crippen molar-refractivity contribution >= 4 is 10.2 Å². The van der Waals surface area contributed by atoms with Crippen LogP contribution < -0.4 is 0 Å². The number of rotatable bonds is 2. The third-order valence-corrected chi connectivity index (χ3v) is 5.17. The summed E-state index contributed by atoms with van der Waals surface area (Å²) in [5.74, 6) is 0. The molecule has 16 heavy (non-hydrogen) atoms. The van der Waals surface area contributed by atoms with E-state index >= 15 is 0 Å². The fourth-order valence-corrected chi connectivity index (χ4v) is 4.00.